The topological polar surface area (TPSA) is 18.5 Å². The zero-order valence-electron chi connectivity index (χ0n) is 14.2. The van der Waals surface area contributed by atoms with Crippen LogP contribution in [-0.4, -0.2) is 39.6 Å². The van der Waals surface area contributed by atoms with Crippen molar-refractivity contribution in [2.45, 2.75) is 76.5 Å². The second-order valence-corrected chi connectivity index (χ2v) is 16.6. The highest BCUT2D eigenvalue weighted by molar-refractivity contribution is 8.03. The Morgan fingerprint density at radius 1 is 0.737 bits per heavy atom. The molecule has 0 heterocycles. The second-order valence-electron chi connectivity index (χ2n) is 6.00. The molecule has 2 atom stereocenters. The van der Waals surface area contributed by atoms with Crippen molar-refractivity contribution in [2.75, 3.05) is 13.2 Å². The van der Waals surface area contributed by atoms with Gasteiger partial charge in [0.15, 0.2) is 16.6 Å². The van der Waals surface area contributed by atoms with E-state index in [0.29, 0.717) is 9.75 Å². The van der Waals surface area contributed by atoms with Gasteiger partial charge in [0, 0.05) is 23.0 Å². The van der Waals surface area contributed by atoms with Gasteiger partial charge in [0.2, 0.25) is 0 Å². The van der Waals surface area contributed by atoms with Gasteiger partial charge in [0.1, 0.15) is 0 Å². The fourth-order valence-electron chi connectivity index (χ4n) is 2.63. The molecule has 0 N–H and O–H groups in total. The summed E-state index contributed by atoms with van der Waals surface area (Å²) in [6, 6.07) is 0. The van der Waals surface area contributed by atoms with Crippen LogP contribution < -0.4 is 0 Å². The van der Waals surface area contributed by atoms with E-state index in [4.69, 9.17) is 8.85 Å². The minimum atomic E-state index is -1.58. The normalized spacial score (nSPS) is 16.4. The Hall–Kier alpha value is 0.704. The molecule has 0 spiro atoms. The molecule has 0 aliphatic rings. The standard InChI is InChI=1S/C14H34O2SSi2/c1-9-13(18(5,6)15-11-3)17-14(10-2)19(7,8)16-12-4/h13-14H,9-12H2,1-8H3. The van der Waals surface area contributed by atoms with Crippen molar-refractivity contribution >= 4 is 28.4 Å². The molecule has 0 aromatic rings. The number of thioether (sulfide) groups is 1. The average molecular weight is 323 g/mol. The highest BCUT2D eigenvalue weighted by atomic mass is 32.2. The lowest BCUT2D eigenvalue weighted by Gasteiger charge is -2.37. The average Bonchev–Trinajstić information content (AvgIpc) is 2.29. The van der Waals surface area contributed by atoms with Crippen molar-refractivity contribution in [1.29, 1.82) is 0 Å². The van der Waals surface area contributed by atoms with E-state index in [1.54, 1.807) is 0 Å². The van der Waals surface area contributed by atoms with Crippen LogP contribution in [0.3, 0.4) is 0 Å². The van der Waals surface area contributed by atoms with Crippen molar-refractivity contribution < 1.29 is 8.85 Å². The predicted octanol–water partition coefficient (Wildman–Crippen LogP) is 4.84. The second kappa shape index (κ2) is 8.87. The first-order chi connectivity index (χ1) is 8.75. The summed E-state index contributed by atoms with van der Waals surface area (Å²) in [5.74, 6) is 0. The Balaban J connectivity index is 4.82. The van der Waals surface area contributed by atoms with E-state index in [1.807, 2.05) is 0 Å². The van der Waals surface area contributed by atoms with E-state index in [-0.39, 0.29) is 0 Å². The molecule has 19 heavy (non-hydrogen) atoms. The van der Waals surface area contributed by atoms with E-state index in [2.05, 4.69) is 65.6 Å². The summed E-state index contributed by atoms with van der Waals surface area (Å²) in [4.78, 5) is 1.34. The molecule has 0 rings (SSSR count). The third kappa shape index (κ3) is 6.33. The molecule has 2 nitrogen and oxygen atoms in total. The maximum atomic E-state index is 6.09. The van der Waals surface area contributed by atoms with Gasteiger partial charge in [0.25, 0.3) is 0 Å². The lowest BCUT2D eigenvalue weighted by molar-refractivity contribution is 0.325. The van der Waals surface area contributed by atoms with Crippen LogP contribution in [0, 0.1) is 0 Å². The highest BCUT2D eigenvalue weighted by Crippen LogP contribution is 2.35. The summed E-state index contributed by atoms with van der Waals surface area (Å²) < 4.78 is 12.2. The molecule has 0 amide bonds. The van der Waals surface area contributed by atoms with Crippen molar-refractivity contribution in [3.05, 3.63) is 0 Å². The molecule has 0 radical (unpaired) electrons. The number of hydrogen-bond donors (Lipinski definition) is 0. The quantitative estimate of drug-likeness (QED) is 0.536. The minimum absolute atomic E-state index is 0.671. The first-order valence-electron chi connectivity index (χ1n) is 7.68. The summed E-state index contributed by atoms with van der Waals surface area (Å²) in [6.07, 6.45) is 2.41. The zero-order valence-corrected chi connectivity index (χ0v) is 17.0. The Bertz CT molecular complexity index is 224. The fraction of sp³-hybridized carbons (Fsp3) is 1.00. The van der Waals surface area contributed by atoms with Gasteiger partial charge in [-0.15, -0.1) is 0 Å². The van der Waals surface area contributed by atoms with Crippen LogP contribution in [0.1, 0.15) is 40.5 Å². The molecule has 0 aromatic carbocycles. The van der Waals surface area contributed by atoms with Crippen molar-refractivity contribution in [1.82, 2.24) is 0 Å². The van der Waals surface area contributed by atoms with Gasteiger partial charge in [-0.1, -0.05) is 13.8 Å². The maximum absolute atomic E-state index is 6.09. The summed E-state index contributed by atoms with van der Waals surface area (Å²) in [5.41, 5.74) is 0. The summed E-state index contributed by atoms with van der Waals surface area (Å²) in [7, 11) is -3.17. The summed E-state index contributed by atoms with van der Waals surface area (Å²) in [6.45, 7) is 20.0. The van der Waals surface area contributed by atoms with E-state index in [9.17, 15) is 0 Å². The van der Waals surface area contributed by atoms with E-state index >= 15 is 0 Å². The Labute approximate surface area is 127 Å². The van der Waals surface area contributed by atoms with Crippen LogP contribution in [0.25, 0.3) is 0 Å². The number of hydrogen-bond acceptors (Lipinski definition) is 3. The zero-order chi connectivity index (χ0) is 15.1. The largest absolute Gasteiger partial charge is 0.417 e. The van der Waals surface area contributed by atoms with Gasteiger partial charge in [0.05, 0.1) is 0 Å². The Morgan fingerprint density at radius 2 is 1.05 bits per heavy atom. The van der Waals surface area contributed by atoms with Gasteiger partial charge in [-0.05, 0) is 52.9 Å². The Kier molecular flexibility index (Phi) is 9.20. The van der Waals surface area contributed by atoms with Crippen LogP contribution in [0.4, 0.5) is 0 Å². The Morgan fingerprint density at radius 3 is 1.26 bits per heavy atom. The molecule has 2 unspecified atom stereocenters. The van der Waals surface area contributed by atoms with Gasteiger partial charge in [-0.2, -0.15) is 11.8 Å². The molecule has 5 heteroatoms. The highest BCUT2D eigenvalue weighted by Gasteiger charge is 2.40. The van der Waals surface area contributed by atoms with Crippen molar-refractivity contribution in [2.24, 2.45) is 0 Å². The lowest BCUT2D eigenvalue weighted by atomic mass is 10.6. The van der Waals surface area contributed by atoms with Crippen molar-refractivity contribution in [3.8, 4) is 0 Å². The lowest BCUT2D eigenvalue weighted by Crippen LogP contribution is -2.48. The van der Waals surface area contributed by atoms with Gasteiger partial charge < -0.3 is 8.85 Å². The first kappa shape index (κ1) is 19.7. The van der Waals surface area contributed by atoms with Gasteiger partial charge in [-0.25, -0.2) is 0 Å². The molecule has 0 aliphatic carbocycles. The molecular formula is C14H34O2SSi2. The summed E-state index contributed by atoms with van der Waals surface area (Å²) >= 11 is 2.16. The predicted molar refractivity (Wildman–Crippen MR) is 94.0 cm³/mol. The van der Waals surface area contributed by atoms with E-state index < -0.39 is 16.6 Å². The SMILES string of the molecule is CCO[Si](C)(C)C(CC)SC(CC)[Si](C)(C)OCC. The van der Waals surface area contributed by atoms with Crippen LogP contribution in [0.2, 0.25) is 26.2 Å². The molecule has 0 saturated carbocycles. The molecule has 0 saturated heterocycles. The monoisotopic (exact) mass is 322 g/mol. The third-order valence-corrected chi connectivity index (χ3v) is 15.2. The molecule has 0 fully saturated rings. The fourth-order valence-corrected chi connectivity index (χ4v) is 11.7. The van der Waals surface area contributed by atoms with E-state index in [0.717, 1.165) is 13.2 Å². The van der Waals surface area contributed by atoms with Crippen molar-refractivity contribution in [3.63, 3.8) is 0 Å². The molecule has 0 bridgehead atoms. The first-order valence-corrected chi connectivity index (χ1v) is 14.6. The van der Waals surface area contributed by atoms with Crippen LogP contribution in [-0.2, 0) is 8.85 Å². The number of rotatable bonds is 10. The van der Waals surface area contributed by atoms with Crippen LogP contribution >= 0.6 is 11.8 Å². The van der Waals surface area contributed by atoms with Crippen LogP contribution in [0.15, 0.2) is 0 Å². The molecule has 0 aromatic heterocycles. The molecule has 116 valence electrons. The third-order valence-electron chi connectivity index (χ3n) is 3.65. The molecular weight excluding hydrogens is 288 g/mol. The minimum Gasteiger partial charge on any atom is -0.417 e. The molecule has 0 aliphatic heterocycles. The van der Waals surface area contributed by atoms with Crippen LogP contribution in [0.5, 0.6) is 0 Å². The van der Waals surface area contributed by atoms with Gasteiger partial charge >= 0.3 is 0 Å². The summed E-state index contributed by atoms with van der Waals surface area (Å²) in [5, 5.41) is 0. The van der Waals surface area contributed by atoms with Gasteiger partial charge in [-0.3, -0.25) is 0 Å². The maximum Gasteiger partial charge on any atom is 0.199 e. The van der Waals surface area contributed by atoms with E-state index in [1.165, 1.54) is 12.8 Å². The smallest absolute Gasteiger partial charge is 0.199 e.